The number of phenolic OH excluding ortho intramolecular Hbond substituents is 1. The highest BCUT2D eigenvalue weighted by Crippen LogP contribution is 2.47. The Balaban J connectivity index is 1.71. The highest BCUT2D eigenvalue weighted by Gasteiger charge is 2.33. The van der Waals surface area contributed by atoms with Gasteiger partial charge in [0.05, 0.1) is 0 Å². The number of nitrogens with one attached hydrogen (secondary N) is 2. The Labute approximate surface area is 234 Å². The molecule has 0 fully saturated rings. The van der Waals surface area contributed by atoms with Crippen molar-refractivity contribution in [2.75, 3.05) is 6.54 Å². The van der Waals surface area contributed by atoms with Gasteiger partial charge in [0, 0.05) is 24.4 Å². The molecule has 2 aliphatic rings. The van der Waals surface area contributed by atoms with Gasteiger partial charge in [-0.15, -0.1) is 0 Å². The summed E-state index contributed by atoms with van der Waals surface area (Å²) in [6, 6.07) is 3.56. The number of aryl methyl sites for hydroxylation is 1. The van der Waals surface area contributed by atoms with Crippen molar-refractivity contribution in [3.8, 4) is 11.5 Å². The number of phenols is 1. The van der Waals surface area contributed by atoms with Gasteiger partial charge in [0.1, 0.15) is 23.2 Å². The molecule has 40 heavy (non-hydrogen) atoms. The molecule has 216 valence electrons. The van der Waals surface area contributed by atoms with Gasteiger partial charge < -0.3 is 15.2 Å². The number of rotatable bonds is 12. The average Bonchev–Trinajstić information content (AvgIpc) is 2.88. The zero-order valence-corrected chi connectivity index (χ0v) is 23.5. The number of unbranched alkanes of at least 4 members (excludes halogenated alkanes) is 2. The number of ketones is 1. The van der Waals surface area contributed by atoms with Gasteiger partial charge in [0.2, 0.25) is 5.91 Å². The van der Waals surface area contributed by atoms with Crippen LogP contribution in [0.25, 0.3) is 0 Å². The molecule has 1 heterocycles. The molecule has 1 aromatic carbocycles. The van der Waals surface area contributed by atoms with E-state index in [1.807, 2.05) is 19.9 Å². The van der Waals surface area contributed by atoms with E-state index in [9.17, 15) is 28.7 Å². The molecule has 0 aromatic heterocycles. The van der Waals surface area contributed by atoms with Crippen LogP contribution in [-0.2, 0) is 20.8 Å². The Morgan fingerprint density at radius 2 is 1.95 bits per heavy atom. The second-order valence-corrected chi connectivity index (χ2v) is 10.7. The number of ether oxygens (including phenoxy) is 1. The average molecular weight is 555 g/mol. The summed E-state index contributed by atoms with van der Waals surface area (Å²) in [6.07, 6.45) is 7.74. The number of Topliss-reactive ketones (excluding diaryl/α,β-unsaturated/α-hetero) is 1. The minimum atomic E-state index is -1.38. The van der Waals surface area contributed by atoms with Crippen LogP contribution in [0.5, 0.6) is 11.5 Å². The van der Waals surface area contributed by atoms with Gasteiger partial charge in [-0.3, -0.25) is 19.7 Å². The maximum absolute atomic E-state index is 13.5. The molecule has 1 aromatic rings. The number of hydrogen-bond donors (Lipinski definition) is 3. The van der Waals surface area contributed by atoms with Crippen LogP contribution < -0.4 is 15.4 Å². The predicted octanol–water partition coefficient (Wildman–Crippen LogP) is 5.70. The lowest BCUT2D eigenvalue weighted by atomic mass is 9.73. The molecule has 3 amide bonds. The zero-order chi connectivity index (χ0) is 29.4. The minimum absolute atomic E-state index is 0.0678. The smallest absolute Gasteiger partial charge is 0.412 e. The number of hydrogen-bond acceptors (Lipinski definition) is 6. The first-order chi connectivity index (χ1) is 19.0. The van der Waals surface area contributed by atoms with Crippen molar-refractivity contribution < 1.29 is 33.4 Å². The molecule has 0 saturated heterocycles. The molecule has 1 aliphatic heterocycles. The monoisotopic (exact) mass is 554 g/mol. The molecule has 1 unspecified atom stereocenters. The largest absolute Gasteiger partial charge is 0.507 e. The number of carbonyl (C=O) groups excluding carboxylic acids is 4. The van der Waals surface area contributed by atoms with E-state index < -0.39 is 35.4 Å². The van der Waals surface area contributed by atoms with E-state index in [0.29, 0.717) is 11.6 Å². The summed E-state index contributed by atoms with van der Waals surface area (Å²) in [6.45, 7) is 10.3. The first-order valence-corrected chi connectivity index (χ1v) is 13.9. The lowest BCUT2D eigenvalue weighted by Gasteiger charge is -2.32. The molecule has 1 aliphatic carbocycles. The number of imide groups is 1. The summed E-state index contributed by atoms with van der Waals surface area (Å²) in [5, 5.41) is 15.6. The van der Waals surface area contributed by atoms with Crippen molar-refractivity contribution in [2.45, 2.75) is 78.1 Å². The third kappa shape index (κ3) is 7.90. The van der Waals surface area contributed by atoms with Gasteiger partial charge in [-0.05, 0) is 75.6 Å². The van der Waals surface area contributed by atoms with E-state index in [1.165, 1.54) is 5.57 Å². The topological polar surface area (TPSA) is 122 Å². The normalized spacial score (nSPS) is 20.8. The molecule has 0 bridgehead atoms. The van der Waals surface area contributed by atoms with Crippen LogP contribution in [0.3, 0.4) is 0 Å². The van der Waals surface area contributed by atoms with Crippen molar-refractivity contribution in [3.05, 3.63) is 59.0 Å². The van der Waals surface area contributed by atoms with Crippen molar-refractivity contribution in [2.24, 2.45) is 11.8 Å². The molecule has 9 heteroatoms. The van der Waals surface area contributed by atoms with Crippen molar-refractivity contribution in [1.29, 1.82) is 0 Å². The second kappa shape index (κ2) is 14.1. The van der Waals surface area contributed by atoms with Crippen LogP contribution in [-0.4, -0.2) is 35.3 Å². The summed E-state index contributed by atoms with van der Waals surface area (Å²) >= 11 is 0. The van der Waals surface area contributed by atoms with Crippen LogP contribution in [0.1, 0.15) is 82.8 Å². The molecular weight excluding hydrogens is 515 g/mol. The molecule has 8 nitrogen and oxygen atoms in total. The van der Waals surface area contributed by atoms with Crippen LogP contribution in [0.15, 0.2) is 47.8 Å². The minimum Gasteiger partial charge on any atom is -0.507 e. The molecule has 0 saturated carbocycles. The fourth-order valence-corrected chi connectivity index (χ4v) is 5.25. The van der Waals surface area contributed by atoms with E-state index in [-0.39, 0.29) is 42.7 Å². The molecule has 3 rings (SSSR count). The van der Waals surface area contributed by atoms with E-state index in [2.05, 4.69) is 24.9 Å². The Morgan fingerprint density at radius 3 is 2.65 bits per heavy atom. The van der Waals surface area contributed by atoms with E-state index >= 15 is 0 Å². The SMILES string of the molecule is C=C(C)[C@@H]1CCC(C)=C[C@H]1c1c(O)cc(CCCCC)cc1OC(=O)NCCCC(=O)C1C=C(F)C(=O)NC1=O. The lowest BCUT2D eigenvalue weighted by Crippen LogP contribution is -2.42. The van der Waals surface area contributed by atoms with Crippen LogP contribution >= 0.6 is 0 Å². The third-order valence-corrected chi connectivity index (χ3v) is 7.43. The van der Waals surface area contributed by atoms with Gasteiger partial charge in [0.25, 0.3) is 5.91 Å². The Kier molecular flexibility index (Phi) is 10.8. The highest BCUT2D eigenvalue weighted by molar-refractivity contribution is 6.14. The standard InChI is InChI=1S/C31H39FN2O6/c1-5-6-7-9-20-15-26(36)28(22-14-19(4)11-12-21(22)18(2)3)27(16-20)40-31(39)33-13-8-10-25(35)23-17-24(32)30(38)34-29(23)37/h14-17,21-23,36H,2,5-13H2,1,3-4H3,(H,33,39)(H,34,37,38)/t21-,22+,23?/m0/s1. The van der Waals surface area contributed by atoms with Gasteiger partial charge in [-0.2, -0.15) is 0 Å². The number of aromatic hydroxyl groups is 1. The molecular formula is C31H39FN2O6. The lowest BCUT2D eigenvalue weighted by molar-refractivity contribution is -0.136. The number of benzene rings is 1. The van der Waals surface area contributed by atoms with Crippen LogP contribution in [0.2, 0.25) is 0 Å². The number of halogens is 1. The fourth-order valence-electron chi connectivity index (χ4n) is 5.25. The van der Waals surface area contributed by atoms with Gasteiger partial charge in [-0.1, -0.05) is 43.6 Å². The first kappa shape index (κ1) is 30.8. The summed E-state index contributed by atoms with van der Waals surface area (Å²) in [4.78, 5) is 48.2. The first-order valence-electron chi connectivity index (χ1n) is 13.9. The van der Waals surface area contributed by atoms with E-state index in [1.54, 1.807) is 11.4 Å². The number of carbonyl (C=O) groups is 4. The molecule has 0 spiro atoms. The number of amides is 3. The maximum Gasteiger partial charge on any atom is 0.412 e. The summed E-state index contributed by atoms with van der Waals surface area (Å²) in [7, 11) is 0. The Hall–Kier alpha value is -3.75. The van der Waals surface area contributed by atoms with Crippen LogP contribution in [0.4, 0.5) is 9.18 Å². The van der Waals surface area contributed by atoms with E-state index in [0.717, 1.165) is 49.7 Å². The molecule has 0 radical (unpaired) electrons. The fraction of sp³-hybridized carbons (Fsp3) is 0.484. The van der Waals surface area contributed by atoms with Crippen molar-refractivity contribution in [1.82, 2.24) is 10.6 Å². The van der Waals surface area contributed by atoms with Crippen molar-refractivity contribution in [3.63, 3.8) is 0 Å². The second-order valence-electron chi connectivity index (χ2n) is 10.7. The predicted molar refractivity (Wildman–Crippen MR) is 149 cm³/mol. The van der Waals surface area contributed by atoms with Crippen LogP contribution in [0, 0.1) is 11.8 Å². The summed E-state index contributed by atoms with van der Waals surface area (Å²) in [5.41, 5.74) is 3.60. The molecule has 3 N–H and O–H groups in total. The van der Waals surface area contributed by atoms with Gasteiger partial charge >= 0.3 is 6.09 Å². The Morgan fingerprint density at radius 1 is 1.20 bits per heavy atom. The maximum atomic E-state index is 13.5. The summed E-state index contributed by atoms with van der Waals surface area (Å²) in [5.74, 6) is -4.89. The summed E-state index contributed by atoms with van der Waals surface area (Å²) < 4.78 is 19.2. The van der Waals surface area contributed by atoms with Gasteiger partial charge in [-0.25, -0.2) is 9.18 Å². The quantitative estimate of drug-likeness (QED) is 0.132. The number of allylic oxidation sites excluding steroid dienone is 3. The van der Waals surface area contributed by atoms with Gasteiger partial charge in [0.15, 0.2) is 5.83 Å². The third-order valence-electron chi connectivity index (χ3n) is 7.43. The molecule has 3 atom stereocenters. The highest BCUT2D eigenvalue weighted by atomic mass is 19.1. The van der Waals surface area contributed by atoms with Crippen molar-refractivity contribution >= 4 is 23.7 Å². The Bertz CT molecular complexity index is 1230. The van der Waals surface area contributed by atoms with E-state index in [4.69, 9.17) is 4.74 Å². The zero-order valence-electron chi connectivity index (χ0n) is 23.5.